The number of benzene rings is 1. The molecule has 0 saturated heterocycles. The molecule has 1 fully saturated rings. The molecule has 0 heterocycles. The predicted molar refractivity (Wildman–Crippen MR) is 57.7 cm³/mol. The van der Waals surface area contributed by atoms with Gasteiger partial charge in [0.1, 0.15) is 5.82 Å². The van der Waals surface area contributed by atoms with Crippen LogP contribution in [0.15, 0.2) is 18.2 Å². The summed E-state index contributed by atoms with van der Waals surface area (Å²) in [5, 5.41) is 10.1. The van der Waals surface area contributed by atoms with E-state index < -0.39 is 6.10 Å². The molecule has 1 aliphatic carbocycles. The van der Waals surface area contributed by atoms with Gasteiger partial charge in [-0.15, -0.1) is 0 Å². The molecule has 82 valence electrons. The van der Waals surface area contributed by atoms with Crippen molar-refractivity contribution in [2.75, 3.05) is 5.73 Å². The van der Waals surface area contributed by atoms with E-state index in [2.05, 4.69) is 0 Å². The number of halogens is 1. The number of aliphatic hydroxyl groups is 1. The highest BCUT2D eigenvalue weighted by Crippen LogP contribution is 2.37. The van der Waals surface area contributed by atoms with Gasteiger partial charge >= 0.3 is 0 Å². The molecule has 0 aromatic heterocycles. The average molecular weight is 209 g/mol. The molecule has 0 aliphatic heterocycles. The van der Waals surface area contributed by atoms with Crippen LogP contribution in [0.25, 0.3) is 0 Å². The zero-order chi connectivity index (χ0) is 10.8. The van der Waals surface area contributed by atoms with Crippen LogP contribution >= 0.6 is 0 Å². The molecule has 3 heteroatoms. The summed E-state index contributed by atoms with van der Waals surface area (Å²) in [7, 11) is 0. The number of hydrogen-bond acceptors (Lipinski definition) is 2. The van der Waals surface area contributed by atoms with E-state index in [9.17, 15) is 9.50 Å². The van der Waals surface area contributed by atoms with E-state index in [0.717, 1.165) is 12.8 Å². The molecule has 3 N–H and O–H groups in total. The topological polar surface area (TPSA) is 46.2 Å². The second-order valence-corrected chi connectivity index (χ2v) is 4.26. The molecule has 1 aromatic rings. The van der Waals surface area contributed by atoms with Crippen molar-refractivity contribution in [3.8, 4) is 0 Å². The minimum atomic E-state index is -0.534. The second-order valence-electron chi connectivity index (χ2n) is 4.26. The highest BCUT2D eigenvalue weighted by Gasteiger charge is 2.25. The minimum absolute atomic E-state index is 0.290. The molecular formula is C12H16FNO. The van der Waals surface area contributed by atoms with Crippen LogP contribution in [-0.2, 0) is 0 Å². The summed E-state index contributed by atoms with van der Waals surface area (Å²) in [4.78, 5) is 0. The maximum atomic E-state index is 12.8. The van der Waals surface area contributed by atoms with Gasteiger partial charge in [-0.1, -0.05) is 18.9 Å². The SMILES string of the molecule is Nc1cc(F)ccc1C(O)C1CCCC1. The predicted octanol–water partition coefficient (Wildman–Crippen LogP) is 2.63. The van der Waals surface area contributed by atoms with Crippen molar-refractivity contribution in [2.24, 2.45) is 5.92 Å². The van der Waals surface area contributed by atoms with E-state index in [1.807, 2.05) is 0 Å². The van der Waals surface area contributed by atoms with Crippen LogP contribution in [0.4, 0.5) is 10.1 Å². The smallest absolute Gasteiger partial charge is 0.125 e. The maximum absolute atomic E-state index is 12.8. The third-order valence-corrected chi connectivity index (χ3v) is 3.21. The van der Waals surface area contributed by atoms with Gasteiger partial charge in [0.05, 0.1) is 6.10 Å². The Kier molecular flexibility index (Phi) is 2.91. The summed E-state index contributed by atoms with van der Waals surface area (Å²) >= 11 is 0. The van der Waals surface area contributed by atoms with Gasteiger partial charge in [-0.2, -0.15) is 0 Å². The van der Waals surface area contributed by atoms with Crippen molar-refractivity contribution >= 4 is 5.69 Å². The quantitative estimate of drug-likeness (QED) is 0.735. The summed E-state index contributed by atoms with van der Waals surface area (Å²) < 4.78 is 12.8. The van der Waals surface area contributed by atoms with Crippen LogP contribution < -0.4 is 5.73 Å². The molecule has 2 rings (SSSR count). The number of anilines is 1. The van der Waals surface area contributed by atoms with Gasteiger partial charge in [0.15, 0.2) is 0 Å². The monoisotopic (exact) mass is 209 g/mol. The molecular weight excluding hydrogens is 193 g/mol. The number of rotatable bonds is 2. The standard InChI is InChI=1S/C12H16FNO/c13-9-5-6-10(11(14)7-9)12(15)8-3-1-2-4-8/h5-8,12,15H,1-4,14H2. The van der Waals surface area contributed by atoms with Crippen LogP contribution in [0.1, 0.15) is 37.4 Å². The van der Waals surface area contributed by atoms with Gasteiger partial charge in [-0.05, 0) is 30.9 Å². The fourth-order valence-electron chi connectivity index (χ4n) is 2.34. The van der Waals surface area contributed by atoms with Crippen LogP contribution in [0.2, 0.25) is 0 Å². The molecule has 0 spiro atoms. The van der Waals surface area contributed by atoms with E-state index >= 15 is 0 Å². The first-order valence-corrected chi connectivity index (χ1v) is 5.41. The number of hydrogen-bond donors (Lipinski definition) is 2. The molecule has 15 heavy (non-hydrogen) atoms. The molecule has 0 radical (unpaired) electrons. The van der Waals surface area contributed by atoms with Crippen molar-refractivity contribution in [2.45, 2.75) is 31.8 Å². The second kappa shape index (κ2) is 4.19. The Balaban J connectivity index is 2.20. The van der Waals surface area contributed by atoms with Gasteiger partial charge in [0, 0.05) is 11.3 Å². The highest BCUT2D eigenvalue weighted by molar-refractivity contribution is 5.48. The molecule has 2 nitrogen and oxygen atoms in total. The largest absolute Gasteiger partial charge is 0.398 e. The van der Waals surface area contributed by atoms with Crippen LogP contribution in [0.3, 0.4) is 0 Å². The summed E-state index contributed by atoms with van der Waals surface area (Å²) in [6.45, 7) is 0. The first-order chi connectivity index (χ1) is 7.18. The van der Waals surface area contributed by atoms with Crippen LogP contribution in [-0.4, -0.2) is 5.11 Å². The Morgan fingerprint density at radius 1 is 1.33 bits per heavy atom. The Bertz CT molecular complexity index is 347. The Hall–Kier alpha value is -1.09. The average Bonchev–Trinajstić information content (AvgIpc) is 2.69. The lowest BCUT2D eigenvalue weighted by Gasteiger charge is -2.19. The van der Waals surface area contributed by atoms with E-state index in [4.69, 9.17) is 5.73 Å². The zero-order valence-corrected chi connectivity index (χ0v) is 8.62. The minimum Gasteiger partial charge on any atom is -0.398 e. The van der Waals surface area contributed by atoms with E-state index in [1.54, 1.807) is 6.07 Å². The highest BCUT2D eigenvalue weighted by atomic mass is 19.1. The number of nitrogens with two attached hydrogens (primary N) is 1. The number of aliphatic hydroxyl groups excluding tert-OH is 1. The summed E-state index contributed by atoms with van der Waals surface area (Å²) in [6, 6.07) is 4.21. The summed E-state index contributed by atoms with van der Waals surface area (Å²) in [5.41, 5.74) is 6.72. The lowest BCUT2D eigenvalue weighted by molar-refractivity contribution is 0.112. The third kappa shape index (κ3) is 2.12. The zero-order valence-electron chi connectivity index (χ0n) is 8.62. The van der Waals surface area contributed by atoms with Gasteiger partial charge in [-0.3, -0.25) is 0 Å². The first-order valence-electron chi connectivity index (χ1n) is 5.41. The fourth-order valence-corrected chi connectivity index (χ4v) is 2.34. The van der Waals surface area contributed by atoms with Crippen molar-refractivity contribution in [1.82, 2.24) is 0 Å². The molecule has 1 atom stereocenters. The van der Waals surface area contributed by atoms with E-state index in [1.165, 1.54) is 25.0 Å². The lowest BCUT2D eigenvalue weighted by Crippen LogP contribution is -2.11. The number of nitrogen functional groups attached to an aromatic ring is 1. The Morgan fingerprint density at radius 3 is 2.60 bits per heavy atom. The van der Waals surface area contributed by atoms with Crippen LogP contribution in [0.5, 0.6) is 0 Å². The molecule has 1 unspecified atom stereocenters. The van der Waals surface area contributed by atoms with Gasteiger partial charge in [0.25, 0.3) is 0 Å². The molecule has 0 amide bonds. The normalized spacial score (nSPS) is 19.3. The van der Waals surface area contributed by atoms with Gasteiger partial charge in [-0.25, -0.2) is 4.39 Å². The van der Waals surface area contributed by atoms with E-state index in [0.29, 0.717) is 11.3 Å². The maximum Gasteiger partial charge on any atom is 0.125 e. The third-order valence-electron chi connectivity index (χ3n) is 3.21. The first kappa shape index (κ1) is 10.4. The summed E-state index contributed by atoms with van der Waals surface area (Å²) in [6.07, 6.45) is 3.88. The Labute approximate surface area is 88.9 Å². The summed E-state index contributed by atoms with van der Waals surface area (Å²) in [5.74, 6) is -0.0624. The molecule has 1 aromatic carbocycles. The Morgan fingerprint density at radius 2 is 2.00 bits per heavy atom. The van der Waals surface area contributed by atoms with Crippen molar-refractivity contribution in [3.05, 3.63) is 29.6 Å². The van der Waals surface area contributed by atoms with Crippen molar-refractivity contribution < 1.29 is 9.50 Å². The lowest BCUT2D eigenvalue weighted by atomic mass is 9.93. The fraction of sp³-hybridized carbons (Fsp3) is 0.500. The molecule has 1 aliphatic rings. The van der Waals surface area contributed by atoms with Gasteiger partial charge < -0.3 is 10.8 Å². The van der Waals surface area contributed by atoms with Gasteiger partial charge in [0.2, 0.25) is 0 Å². The molecule has 1 saturated carbocycles. The van der Waals surface area contributed by atoms with E-state index in [-0.39, 0.29) is 11.7 Å². The van der Waals surface area contributed by atoms with Crippen molar-refractivity contribution in [1.29, 1.82) is 0 Å². The van der Waals surface area contributed by atoms with Crippen molar-refractivity contribution in [3.63, 3.8) is 0 Å². The van der Waals surface area contributed by atoms with Crippen LogP contribution in [0, 0.1) is 11.7 Å². The molecule has 0 bridgehead atoms.